The van der Waals surface area contributed by atoms with Gasteiger partial charge >= 0.3 is 0 Å². The minimum atomic E-state index is 0.803. The Morgan fingerprint density at radius 2 is 1.93 bits per heavy atom. The van der Waals surface area contributed by atoms with Crippen molar-refractivity contribution < 1.29 is 0 Å². The van der Waals surface area contributed by atoms with Crippen molar-refractivity contribution in [1.29, 1.82) is 0 Å². The van der Waals surface area contributed by atoms with Gasteiger partial charge in [0.05, 0.1) is 5.01 Å². The lowest BCUT2D eigenvalue weighted by Crippen LogP contribution is -1.86. The van der Waals surface area contributed by atoms with Crippen LogP contribution in [0.2, 0.25) is 0 Å². The van der Waals surface area contributed by atoms with E-state index in [4.69, 9.17) is 5.73 Å². The Morgan fingerprint density at radius 1 is 1.27 bits per heavy atom. The van der Waals surface area contributed by atoms with Gasteiger partial charge < -0.3 is 5.73 Å². The molecule has 0 unspecified atom stereocenters. The van der Waals surface area contributed by atoms with Crippen molar-refractivity contribution >= 4 is 16.3 Å². The zero-order valence-electron chi connectivity index (χ0n) is 8.95. The Labute approximate surface area is 93.8 Å². The lowest BCUT2D eigenvalue weighted by atomic mass is 10.1. The molecule has 2 rings (SSSR count). The molecule has 2 aromatic rings. The minimum absolute atomic E-state index is 0.803. The summed E-state index contributed by atoms with van der Waals surface area (Å²) >= 11 is 1.54. The number of hydrogen-bond acceptors (Lipinski definition) is 3. The van der Waals surface area contributed by atoms with Gasteiger partial charge in [-0.2, -0.15) is 0 Å². The first-order chi connectivity index (χ1) is 7.20. The maximum absolute atomic E-state index is 5.90. The van der Waals surface area contributed by atoms with Crippen LogP contribution < -0.4 is 5.73 Å². The average Bonchev–Trinajstić information content (AvgIpc) is 2.58. The molecule has 2 N–H and O–H groups in total. The van der Waals surface area contributed by atoms with Crippen LogP contribution >= 0.6 is 11.3 Å². The number of hydrogen-bond donors (Lipinski definition) is 1. The van der Waals surface area contributed by atoms with Crippen LogP contribution in [0.25, 0.3) is 11.3 Å². The van der Waals surface area contributed by atoms with Crippen LogP contribution in [-0.2, 0) is 6.42 Å². The molecule has 0 spiro atoms. The normalized spacial score (nSPS) is 10.5. The quantitative estimate of drug-likeness (QED) is 0.840. The van der Waals surface area contributed by atoms with Crippen LogP contribution in [0.15, 0.2) is 24.3 Å². The summed E-state index contributed by atoms with van der Waals surface area (Å²) in [4.78, 5) is 4.43. The molecule has 0 atom stereocenters. The predicted octanol–water partition coefficient (Wildman–Crippen LogP) is 3.26. The second-order valence-corrected chi connectivity index (χ2v) is 4.73. The zero-order valence-corrected chi connectivity index (χ0v) is 9.77. The molecule has 1 aromatic carbocycles. The van der Waals surface area contributed by atoms with Gasteiger partial charge in [-0.15, -0.1) is 11.3 Å². The Hall–Kier alpha value is -1.35. The van der Waals surface area contributed by atoms with Crippen molar-refractivity contribution in [1.82, 2.24) is 4.98 Å². The second-order valence-electron chi connectivity index (χ2n) is 3.50. The molecule has 2 nitrogen and oxygen atoms in total. The summed E-state index contributed by atoms with van der Waals surface area (Å²) in [5, 5.41) is 1.82. The lowest BCUT2D eigenvalue weighted by molar-refractivity contribution is 1.14. The molecule has 78 valence electrons. The molecule has 15 heavy (non-hydrogen) atoms. The summed E-state index contributed by atoms with van der Waals surface area (Å²) in [5.74, 6) is 0. The Kier molecular flexibility index (Phi) is 2.73. The summed E-state index contributed by atoms with van der Waals surface area (Å²) in [6.07, 6.45) is 1.06. The largest absolute Gasteiger partial charge is 0.389 e. The maximum atomic E-state index is 5.90. The van der Waals surface area contributed by atoms with Gasteiger partial charge in [0.1, 0.15) is 10.7 Å². The Balaban J connectivity index is 2.41. The van der Waals surface area contributed by atoms with Crippen LogP contribution in [-0.4, -0.2) is 4.98 Å². The summed E-state index contributed by atoms with van der Waals surface area (Å²) in [6.45, 7) is 4.13. The van der Waals surface area contributed by atoms with E-state index in [1.165, 1.54) is 5.56 Å². The van der Waals surface area contributed by atoms with Crippen molar-refractivity contribution in [3.63, 3.8) is 0 Å². The number of aryl methyl sites for hydroxylation is 2. The van der Waals surface area contributed by atoms with Gasteiger partial charge in [0.2, 0.25) is 0 Å². The van der Waals surface area contributed by atoms with Gasteiger partial charge in [0, 0.05) is 5.56 Å². The first-order valence-electron chi connectivity index (χ1n) is 5.03. The third kappa shape index (κ3) is 2.02. The highest BCUT2D eigenvalue weighted by Crippen LogP contribution is 2.30. The molecule has 0 aliphatic carbocycles. The molecule has 0 radical (unpaired) electrons. The number of anilines is 1. The summed E-state index contributed by atoms with van der Waals surface area (Å²) < 4.78 is 0. The highest BCUT2D eigenvalue weighted by atomic mass is 32.1. The van der Waals surface area contributed by atoms with Crippen molar-refractivity contribution in [3.05, 3.63) is 34.8 Å². The fourth-order valence-corrected chi connectivity index (χ4v) is 2.26. The number of aromatic nitrogens is 1. The highest BCUT2D eigenvalue weighted by Gasteiger charge is 2.07. The summed E-state index contributed by atoms with van der Waals surface area (Å²) in [6, 6.07) is 8.43. The third-order valence-electron chi connectivity index (χ3n) is 2.40. The zero-order chi connectivity index (χ0) is 10.8. The van der Waals surface area contributed by atoms with Gasteiger partial charge in [-0.3, -0.25) is 0 Å². The molecule has 0 aliphatic heterocycles. The SMILES string of the molecule is CCc1ccc(-c2nc(C)sc2N)cc1. The number of nitrogens with zero attached hydrogens (tertiary/aromatic N) is 1. The smallest absolute Gasteiger partial charge is 0.114 e. The van der Waals surface area contributed by atoms with E-state index in [9.17, 15) is 0 Å². The van der Waals surface area contributed by atoms with Crippen molar-refractivity contribution in [2.45, 2.75) is 20.3 Å². The van der Waals surface area contributed by atoms with Gasteiger partial charge in [-0.05, 0) is 18.9 Å². The number of nitrogens with two attached hydrogens (primary N) is 1. The van der Waals surface area contributed by atoms with Crippen molar-refractivity contribution in [2.75, 3.05) is 5.73 Å². The van der Waals surface area contributed by atoms with Crippen molar-refractivity contribution in [2.24, 2.45) is 0 Å². The second kappa shape index (κ2) is 4.03. The fourth-order valence-electron chi connectivity index (χ4n) is 1.55. The maximum Gasteiger partial charge on any atom is 0.114 e. The molecule has 0 aliphatic rings. The van der Waals surface area contributed by atoms with Gasteiger partial charge in [-0.25, -0.2) is 4.98 Å². The number of rotatable bonds is 2. The topological polar surface area (TPSA) is 38.9 Å². The number of thiazole rings is 1. The average molecular weight is 218 g/mol. The van der Waals surface area contributed by atoms with Crippen LogP contribution in [0.4, 0.5) is 5.00 Å². The summed E-state index contributed by atoms with van der Waals surface area (Å²) in [7, 11) is 0. The Morgan fingerprint density at radius 3 is 2.40 bits per heavy atom. The van der Waals surface area contributed by atoms with E-state index in [2.05, 4.69) is 36.2 Å². The van der Waals surface area contributed by atoms with Crippen LogP contribution in [0.3, 0.4) is 0 Å². The molecule has 0 amide bonds. The minimum Gasteiger partial charge on any atom is -0.389 e. The van der Waals surface area contributed by atoms with Crippen LogP contribution in [0, 0.1) is 6.92 Å². The monoisotopic (exact) mass is 218 g/mol. The Bertz CT molecular complexity index is 457. The summed E-state index contributed by atoms with van der Waals surface area (Å²) in [5.41, 5.74) is 9.26. The number of nitrogen functional groups attached to an aromatic ring is 1. The molecule has 0 bridgehead atoms. The van der Waals surface area contributed by atoms with Crippen molar-refractivity contribution in [3.8, 4) is 11.3 Å². The van der Waals surface area contributed by atoms with E-state index in [1.54, 1.807) is 11.3 Å². The van der Waals surface area contributed by atoms with E-state index >= 15 is 0 Å². The standard InChI is InChI=1S/C12H14N2S/c1-3-9-4-6-10(7-5-9)11-12(13)15-8(2)14-11/h4-7H,3,13H2,1-2H3. The fraction of sp³-hybridized carbons (Fsp3) is 0.250. The lowest BCUT2D eigenvalue weighted by Gasteiger charge is -2.00. The van der Waals surface area contributed by atoms with E-state index in [0.29, 0.717) is 0 Å². The van der Waals surface area contributed by atoms with E-state index in [-0.39, 0.29) is 0 Å². The van der Waals surface area contributed by atoms with Gasteiger partial charge in [0.25, 0.3) is 0 Å². The number of benzene rings is 1. The first kappa shape index (κ1) is 10.2. The van der Waals surface area contributed by atoms with E-state index in [1.807, 2.05) is 6.92 Å². The van der Waals surface area contributed by atoms with E-state index in [0.717, 1.165) is 27.7 Å². The molecule has 0 saturated carbocycles. The van der Waals surface area contributed by atoms with Crippen LogP contribution in [0.5, 0.6) is 0 Å². The predicted molar refractivity (Wildman–Crippen MR) is 66.1 cm³/mol. The molecule has 1 heterocycles. The van der Waals surface area contributed by atoms with Gasteiger partial charge in [0.15, 0.2) is 0 Å². The highest BCUT2D eigenvalue weighted by molar-refractivity contribution is 7.16. The van der Waals surface area contributed by atoms with Gasteiger partial charge in [-0.1, -0.05) is 31.2 Å². The molecular formula is C12H14N2S. The molecule has 3 heteroatoms. The molecular weight excluding hydrogens is 204 g/mol. The molecule has 0 fully saturated rings. The first-order valence-corrected chi connectivity index (χ1v) is 5.84. The van der Waals surface area contributed by atoms with E-state index < -0.39 is 0 Å². The molecule has 0 saturated heterocycles. The molecule has 1 aromatic heterocycles. The third-order valence-corrected chi connectivity index (χ3v) is 3.20. The van der Waals surface area contributed by atoms with Crippen LogP contribution in [0.1, 0.15) is 17.5 Å².